The minimum Gasteiger partial charge on any atom is -0.468 e. The quantitative estimate of drug-likeness (QED) is 0.642. The summed E-state index contributed by atoms with van der Waals surface area (Å²) in [5.74, 6) is -4.12. The summed E-state index contributed by atoms with van der Waals surface area (Å²) in [5.41, 5.74) is -0.260. The van der Waals surface area contributed by atoms with Gasteiger partial charge in [-0.05, 0) is 38.2 Å². The van der Waals surface area contributed by atoms with E-state index >= 15 is 0 Å². The molecule has 1 aromatic rings. The summed E-state index contributed by atoms with van der Waals surface area (Å²) in [6, 6.07) is 1.85. The number of halogens is 3. The van der Waals surface area contributed by atoms with E-state index in [2.05, 4.69) is 5.32 Å². The van der Waals surface area contributed by atoms with Crippen molar-refractivity contribution in [3.63, 3.8) is 0 Å². The molecule has 0 amide bonds. The lowest BCUT2D eigenvalue weighted by Gasteiger charge is -2.13. The number of benzene rings is 1. The molecule has 0 bridgehead atoms. The average Bonchev–Trinajstić information content (AvgIpc) is 2.18. The van der Waals surface area contributed by atoms with Crippen molar-refractivity contribution in [2.75, 3.05) is 5.32 Å². The first-order chi connectivity index (χ1) is 7.41. The van der Waals surface area contributed by atoms with Crippen LogP contribution in [0.4, 0.5) is 18.9 Å². The summed E-state index contributed by atoms with van der Waals surface area (Å²) >= 11 is 4.73. The van der Waals surface area contributed by atoms with E-state index in [-0.39, 0.29) is 17.0 Å². The lowest BCUT2D eigenvalue weighted by molar-refractivity contribution is 0.234. The van der Waals surface area contributed by atoms with Gasteiger partial charge in [-0.1, -0.05) is 0 Å². The number of hydrogen-bond acceptors (Lipinski definition) is 2. The molecule has 0 atom stereocenters. The van der Waals surface area contributed by atoms with E-state index in [4.69, 9.17) is 17.0 Å². The van der Waals surface area contributed by atoms with Gasteiger partial charge in [-0.25, -0.2) is 13.2 Å². The fourth-order valence-corrected chi connectivity index (χ4v) is 1.28. The molecule has 2 nitrogen and oxygen atoms in total. The highest BCUT2D eigenvalue weighted by Gasteiger charge is 2.14. The number of hydrogen-bond donors (Lipinski definition) is 1. The molecule has 6 heteroatoms. The molecule has 0 heterocycles. The van der Waals surface area contributed by atoms with Gasteiger partial charge in [0.1, 0.15) is 0 Å². The van der Waals surface area contributed by atoms with Gasteiger partial charge in [0.25, 0.3) is 5.17 Å². The normalized spacial score (nSPS) is 10.4. The number of rotatable bonds is 2. The standard InChI is InChI=1S/C10H10F3NOS/c1-5(2)15-10(16)14-7-4-3-6(11)8(12)9(7)13/h3-5H,1-2H3,(H,14,16). The summed E-state index contributed by atoms with van der Waals surface area (Å²) in [7, 11) is 0. The van der Waals surface area contributed by atoms with Crippen LogP contribution in [0.1, 0.15) is 13.8 Å². The Hall–Kier alpha value is -1.30. The highest BCUT2D eigenvalue weighted by molar-refractivity contribution is 7.80. The van der Waals surface area contributed by atoms with Crippen LogP contribution in [0.3, 0.4) is 0 Å². The summed E-state index contributed by atoms with van der Waals surface area (Å²) < 4.78 is 43.6. The molecule has 0 aliphatic rings. The summed E-state index contributed by atoms with van der Waals surface area (Å²) in [4.78, 5) is 0. The predicted octanol–water partition coefficient (Wildman–Crippen LogP) is 3.23. The highest BCUT2D eigenvalue weighted by Crippen LogP contribution is 2.19. The largest absolute Gasteiger partial charge is 0.468 e. The van der Waals surface area contributed by atoms with E-state index in [1.165, 1.54) is 0 Å². The molecule has 0 unspecified atom stereocenters. The Morgan fingerprint density at radius 1 is 1.25 bits per heavy atom. The van der Waals surface area contributed by atoms with Gasteiger partial charge >= 0.3 is 0 Å². The first-order valence-electron chi connectivity index (χ1n) is 4.53. The van der Waals surface area contributed by atoms with Gasteiger partial charge in [-0.2, -0.15) is 0 Å². The van der Waals surface area contributed by atoms with Crippen LogP contribution in [-0.2, 0) is 4.74 Å². The van der Waals surface area contributed by atoms with Crippen LogP contribution in [0, 0.1) is 17.5 Å². The number of nitrogens with one attached hydrogen (secondary N) is 1. The van der Waals surface area contributed by atoms with Crippen molar-refractivity contribution in [1.82, 2.24) is 0 Å². The third-order valence-corrected chi connectivity index (χ3v) is 1.81. The molecule has 16 heavy (non-hydrogen) atoms. The monoisotopic (exact) mass is 249 g/mol. The van der Waals surface area contributed by atoms with Crippen LogP contribution < -0.4 is 5.32 Å². The molecule has 0 saturated heterocycles. The Morgan fingerprint density at radius 3 is 2.44 bits per heavy atom. The Labute approximate surface area is 96.4 Å². The van der Waals surface area contributed by atoms with E-state index in [1.807, 2.05) is 0 Å². The summed E-state index contributed by atoms with van der Waals surface area (Å²) in [6.45, 7) is 3.46. The SMILES string of the molecule is CC(C)OC(=S)Nc1ccc(F)c(F)c1F. The molecular weight excluding hydrogens is 239 g/mol. The number of ether oxygens (including phenoxy) is 1. The zero-order valence-corrected chi connectivity index (χ0v) is 9.50. The van der Waals surface area contributed by atoms with E-state index in [9.17, 15) is 13.2 Å². The maximum Gasteiger partial charge on any atom is 0.261 e. The molecule has 1 N–H and O–H groups in total. The molecule has 0 saturated carbocycles. The third-order valence-electron chi connectivity index (χ3n) is 1.61. The zero-order valence-electron chi connectivity index (χ0n) is 8.68. The second kappa shape index (κ2) is 5.16. The van der Waals surface area contributed by atoms with Gasteiger partial charge in [0.15, 0.2) is 17.5 Å². The molecule has 0 aliphatic heterocycles. The maximum absolute atomic E-state index is 13.2. The second-order valence-electron chi connectivity index (χ2n) is 3.30. The smallest absolute Gasteiger partial charge is 0.261 e. The average molecular weight is 249 g/mol. The van der Waals surface area contributed by atoms with Gasteiger partial charge in [0.2, 0.25) is 0 Å². The molecule has 0 aliphatic carbocycles. The van der Waals surface area contributed by atoms with Crippen molar-refractivity contribution in [3.8, 4) is 0 Å². The van der Waals surface area contributed by atoms with Crippen LogP contribution in [0.25, 0.3) is 0 Å². The first kappa shape index (κ1) is 12.8. The second-order valence-corrected chi connectivity index (χ2v) is 3.67. The van der Waals surface area contributed by atoms with Crippen LogP contribution in [0.2, 0.25) is 0 Å². The molecule has 0 fully saturated rings. The van der Waals surface area contributed by atoms with Crippen molar-refractivity contribution in [2.45, 2.75) is 20.0 Å². The van der Waals surface area contributed by atoms with Crippen molar-refractivity contribution >= 4 is 23.1 Å². The first-order valence-corrected chi connectivity index (χ1v) is 4.93. The highest BCUT2D eigenvalue weighted by atomic mass is 32.1. The van der Waals surface area contributed by atoms with Crippen LogP contribution in [0.5, 0.6) is 0 Å². The molecular formula is C10H10F3NOS. The molecule has 1 aromatic carbocycles. The molecule has 0 spiro atoms. The van der Waals surface area contributed by atoms with Gasteiger partial charge in [0.05, 0.1) is 11.8 Å². The molecule has 0 radical (unpaired) electrons. The predicted molar refractivity (Wildman–Crippen MR) is 58.8 cm³/mol. The number of thiocarbonyl (C=S) groups is 1. The van der Waals surface area contributed by atoms with Crippen molar-refractivity contribution in [2.24, 2.45) is 0 Å². The molecule has 88 valence electrons. The van der Waals surface area contributed by atoms with Crippen molar-refractivity contribution < 1.29 is 17.9 Å². The van der Waals surface area contributed by atoms with Crippen LogP contribution in [-0.4, -0.2) is 11.3 Å². The Balaban J connectivity index is 2.82. The minimum absolute atomic E-state index is 0.0973. The van der Waals surface area contributed by atoms with Gasteiger partial charge < -0.3 is 10.1 Å². The van der Waals surface area contributed by atoms with Crippen LogP contribution in [0.15, 0.2) is 12.1 Å². The van der Waals surface area contributed by atoms with Gasteiger partial charge in [0, 0.05) is 0 Å². The van der Waals surface area contributed by atoms with E-state index < -0.39 is 17.5 Å². The van der Waals surface area contributed by atoms with Gasteiger partial charge in [-0.15, -0.1) is 0 Å². The van der Waals surface area contributed by atoms with Gasteiger partial charge in [-0.3, -0.25) is 0 Å². The summed E-state index contributed by atoms with van der Waals surface area (Å²) in [5, 5.41) is 2.24. The maximum atomic E-state index is 13.2. The van der Waals surface area contributed by atoms with E-state index in [1.54, 1.807) is 13.8 Å². The Bertz CT molecular complexity index is 409. The Morgan fingerprint density at radius 2 is 1.88 bits per heavy atom. The minimum atomic E-state index is -1.54. The fraction of sp³-hybridized carbons (Fsp3) is 0.300. The third kappa shape index (κ3) is 3.10. The summed E-state index contributed by atoms with van der Waals surface area (Å²) in [6.07, 6.45) is -0.187. The number of anilines is 1. The lowest BCUT2D eigenvalue weighted by atomic mass is 10.3. The van der Waals surface area contributed by atoms with Crippen LogP contribution >= 0.6 is 12.2 Å². The Kier molecular flexibility index (Phi) is 4.12. The fourth-order valence-electron chi connectivity index (χ4n) is 0.976. The van der Waals surface area contributed by atoms with E-state index in [0.717, 1.165) is 12.1 Å². The lowest BCUT2D eigenvalue weighted by Crippen LogP contribution is -2.18. The molecule has 1 rings (SSSR count). The van der Waals surface area contributed by atoms with Crippen molar-refractivity contribution in [1.29, 1.82) is 0 Å². The zero-order chi connectivity index (χ0) is 12.3. The van der Waals surface area contributed by atoms with Crippen molar-refractivity contribution in [3.05, 3.63) is 29.6 Å². The van der Waals surface area contributed by atoms with E-state index in [0.29, 0.717) is 0 Å². The molecule has 0 aromatic heterocycles. The topological polar surface area (TPSA) is 21.3 Å².